The van der Waals surface area contributed by atoms with Gasteiger partial charge in [-0.05, 0) is 51.1 Å². The van der Waals surface area contributed by atoms with E-state index in [-0.39, 0.29) is 0 Å². The van der Waals surface area contributed by atoms with Gasteiger partial charge in [0.15, 0.2) is 0 Å². The minimum atomic E-state index is 0.749. The van der Waals surface area contributed by atoms with Crippen LogP contribution in [0.2, 0.25) is 0 Å². The summed E-state index contributed by atoms with van der Waals surface area (Å²) in [7, 11) is 0. The molecule has 0 aromatic rings. The minimum Gasteiger partial charge on any atom is -0.297 e. The molecule has 3 aliphatic rings. The summed E-state index contributed by atoms with van der Waals surface area (Å²) >= 11 is 0. The third-order valence-electron chi connectivity index (χ3n) is 4.60. The van der Waals surface area contributed by atoms with Crippen LogP contribution in [0.4, 0.5) is 0 Å². The third kappa shape index (κ3) is 1.24. The molecule has 1 aliphatic heterocycles. The lowest BCUT2D eigenvalue weighted by atomic mass is 9.92. The van der Waals surface area contributed by atoms with Crippen molar-refractivity contribution in [3.8, 4) is 0 Å². The van der Waals surface area contributed by atoms with Gasteiger partial charge < -0.3 is 0 Å². The molecule has 0 radical (unpaired) electrons. The lowest BCUT2D eigenvalue weighted by molar-refractivity contribution is 0.110. The van der Waals surface area contributed by atoms with Crippen molar-refractivity contribution in [2.75, 3.05) is 13.1 Å². The van der Waals surface area contributed by atoms with Crippen LogP contribution in [-0.4, -0.2) is 23.5 Å². The lowest BCUT2D eigenvalue weighted by Crippen LogP contribution is -2.43. The van der Waals surface area contributed by atoms with E-state index in [1.165, 1.54) is 58.0 Å². The molecule has 0 N–H and O–H groups in total. The van der Waals surface area contributed by atoms with Crippen LogP contribution in [-0.2, 0) is 0 Å². The van der Waals surface area contributed by atoms with E-state index in [0.717, 1.165) is 11.5 Å². The van der Waals surface area contributed by atoms with E-state index in [9.17, 15) is 0 Å². The van der Waals surface area contributed by atoms with Gasteiger partial charge >= 0.3 is 0 Å². The minimum absolute atomic E-state index is 0.749. The van der Waals surface area contributed by atoms with Gasteiger partial charge in [-0.15, -0.1) is 0 Å². The number of piperidine rings is 1. The van der Waals surface area contributed by atoms with E-state index >= 15 is 0 Å². The average molecular weight is 179 g/mol. The molecule has 0 amide bonds. The fraction of sp³-hybridized carbons (Fsp3) is 1.00. The van der Waals surface area contributed by atoms with Crippen molar-refractivity contribution in [3.05, 3.63) is 0 Å². The van der Waals surface area contributed by atoms with Gasteiger partial charge in [0.2, 0.25) is 0 Å². The fourth-order valence-electron chi connectivity index (χ4n) is 3.75. The Kier molecular flexibility index (Phi) is 1.90. The van der Waals surface area contributed by atoms with E-state index in [2.05, 4.69) is 4.90 Å². The zero-order valence-electron chi connectivity index (χ0n) is 8.60. The molecule has 0 bridgehead atoms. The molecule has 13 heavy (non-hydrogen) atoms. The molecule has 2 atom stereocenters. The van der Waals surface area contributed by atoms with Crippen LogP contribution in [0.5, 0.6) is 0 Å². The molecule has 2 unspecified atom stereocenters. The van der Waals surface area contributed by atoms with Crippen LogP contribution < -0.4 is 0 Å². The molecular formula is C12H21N. The predicted octanol–water partition coefficient (Wildman–Crippen LogP) is 2.81. The highest BCUT2D eigenvalue weighted by Gasteiger charge is 2.57. The van der Waals surface area contributed by atoms with Crippen LogP contribution in [0.25, 0.3) is 0 Å². The Morgan fingerprint density at radius 1 is 0.923 bits per heavy atom. The molecule has 1 heteroatoms. The van der Waals surface area contributed by atoms with Crippen molar-refractivity contribution in [1.29, 1.82) is 0 Å². The van der Waals surface area contributed by atoms with Crippen molar-refractivity contribution in [2.45, 2.75) is 56.9 Å². The maximum Gasteiger partial charge on any atom is 0.0241 e. The summed E-state index contributed by atoms with van der Waals surface area (Å²) in [4.78, 5) is 2.85. The zero-order valence-corrected chi connectivity index (χ0v) is 8.60. The van der Waals surface area contributed by atoms with Crippen molar-refractivity contribution in [2.24, 2.45) is 5.92 Å². The fourth-order valence-corrected chi connectivity index (χ4v) is 3.75. The van der Waals surface area contributed by atoms with Crippen LogP contribution in [0.15, 0.2) is 0 Å². The van der Waals surface area contributed by atoms with E-state index in [0.29, 0.717) is 0 Å². The second kappa shape index (κ2) is 2.98. The highest BCUT2D eigenvalue weighted by molar-refractivity contribution is 5.13. The second-order valence-electron chi connectivity index (χ2n) is 5.30. The van der Waals surface area contributed by atoms with Crippen LogP contribution in [0.3, 0.4) is 0 Å². The Morgan fingerprint density at radius 3 is 2.54 bits per heavy atom. The highest BCUT2D eigenvalue weighted by atomic mass is 15.2. The Hall–Kier alpha value is -0.0400. The first-order chi connectivity index (χ1) is 6.42. The average Bonchev–Trinajstić information content (AvgIpc) is 2.94. The molecule has 3 rings (SSSR count). The van der Waals surface area contributed by atoms with Crippen molar-refractivity contribution in [1.82, 2.24) is 4.90 Å². The van der Waals surface area contributed by atoms with E-state index < -0.39 is 0 Å². The number of fused-ring (bicyclic) bond motifs is 1. The normalized spacial score (nSPS) is 45.7. The molecule has 2 saturated carbocycles. The number of likely N-dealkylation sites (tertiary alicyclic amines) is 1. The summed E-state index contributed by atoms with van der Waals surface area (Å²) in [5.74, 6) is 1.11. The molecular weight excluding hydrogens is 158 g/mol. The van der Waals surface area contributed by atoms with E-state index in [1.807, 2.05) is 0 Å². The summed E-state index contributed by atoms with van der Waals surface area (Å²) in [6, 6.07) is 0. The summed E-state index contributed by atoms with van der Waals surface area (Å²) in [6.07, 6.45) is 12.1. The van der Waals surface area contributed by atoms with Gasteiger partial charge in [0, 0.05) is 5.54 Å². The Balaban J connectivity index is 1.69. The summed E-state index contributed by atoms with van der Waals surface area (Å²) in [5, 5.41) is 0. The van der Waals surface area contributed by atoms with E-state index in [1.54, 1.807) is 6.42 Å². The van der Waals surface area contributed by atoms with E-state index in [4.69, 9.17) is 0 Å². The van der Waals surface area contributed by atoms with Crippen LogP contribution in [0.1, 0.15) is 51.4 Å². The van der Waals surface area contributed by atoms with Crippen LogP contribution in [0, 0.1) is 5.92 Å². The predicted molar refractivity (Wildman–Crippen MR) is 54.7 cm³/mol. The molecule has 1 nitrogen and oxygen atoms in total. The number of hydrogen-bond donors (Lipinski definition) is 0. The maximum atomic E-state index is 2.85. The Labute approximate surface area is 81.5 Å². The Morgan fingerprint density at radius 2 is 1.77 bits per heavy atom. The van der Waals surface area contributed by atoms with Gasteiger partial charge in [0.1, 0.15) is 0 Å². The summed E-state index contributed by atoms with van der Waals surface area (Å²) in [6.45, 7) is 2.83. The molecule has 1 saturated heterocycles. The lowest BCUT2D eigenvalue weighted by Gasteiger charge is -2.38. The first kappa shape index (κ1) is 8.28. The number of nitrogens with zero attached hydrogens (tertiary/aromatic N) is 1. The van der Waals surface area contributed by atoms with Gasteiger partial charge in [-0.1, -0.05) is 19.3 Å². The van der Waals surface area contributed by atoms with Crippen molar-refractivity contribution in [3.63, 3.8) is 0 Å². The zero-order chi connectivity index (χ0) is 8.73. The van der Waals surface area contributed by atoms with Gasteiger partial charge in [-0.2, -0.15) is 0 Å². The molecule has 3 fully saturated rings. The van der Waals surface area contributed by atoms with Gasteiger partial charge in [-0.25, -0.2) is 0 Å². The molecule has 74 valence electrons. The van der Waals surface area contributed by atoms with Crippen molar-refractivity contribution < 1.29 is 0 Å². The first-order valence-electron chi connectivity index (χ1n) is 6.17. The molecule has 0 aromatic carbocycles. The van der Waals surface area contributed by atoms with Gasteiger partial charge in [-0.3, -0.25) is 4.90 Å². The van der Waals surface area contributed by atoms with Gasteiger partial charge in [0.05, 0.1) is 0 Å². The monoisotopic (exact) mass is 179 g/mol. The molecule has 1 heterocycles. The highest BCUT2D eigenvalue weighted by Crippen LogP contribution is 2.57. The first-order valence-corrected chi connectivity index (χ1v) is 6.17. The largest absolute Gasteiger partial charge is 0.297 e. The second-order valence-corrected chi connectivity index (χ2v) is 5.30. The van der Waals surface area contributed by atoms with Gasteiger partial charge in [0.25, 0.3) is 0 Å². The summed E-state index contributed by atoms with van der Waals surface area (Å²) < 4.78 is 0. The number of rotatable bonds is 1. The molecule has 0 aromatic heterocycles. The smallest absolute Gasteiger partial charge is 0.0241 e. The van der Waals surface area contributed by atoms with Crippen molar-refractivity contribution >= 4 is 0 Å². The standard InChI is InChI=1S/C12H21N/c1-4-8-13(9-5-1)12-7-3-2-6-11(12)10-12/h11H,1-10H2. The Bertz CT molecular complexity index is 195. The SMILES string of the molecule is C1CCN(C23CCCCC2C3)CC1. The maximum absolute atomic E-state index is 2.85. The molecule has 2 aliphatic carbocycles. The number of hydrogen-bond acceptors (Lipinski definition) is 1. The molecule has 0 spiro atoms. The quantitative estimate of drug-likeness (QED) is 0.598. The third-order valence-corrected chi connectivity index (χ3v) is 4.60. The topological polar surface area (TPSA) is 3.24 Å². The van der Waals surface area contributed by atoms with Crippen LogP contribution >= 0.6 is 0 Å². The summed E-state index contributed by atoms with van der Waals surface area (Å²) in [5.41, 5.74) is 0.749.